The van der Waals surface area contributed by atoms with Gasteiger partial charge in [0.2, 0.25) is 0 Å². The molecule has 0 spiro atoms. The second kappa shape index (κ2) is 6.31. The molecule has 110 valence electrons. The van der Waals surface area contributed by atoms with Gasteiger partial charge >= 0.3 is 0 Å². The molecular formula is C13H15N5O2S. The van der Waals surface area contributed by atoms with Crippen LogP contribution in [0.2, 0.25) is 0 Å². The zero-order valence-corrected chi connectivity index (χ0v) is 12.5. The highest BCUT2D eigenvalue weighted by Crippen LogP contribution is 2.16. The summed E-state index contributed by atoms with van der Waals surface area (Å²) in [6, 6.07) is 8.04. The third-order valence-corrected chi connectivity index (χ3v) is 3.26. The summed E-state index contributed by atoms with van der Waals surface area (Å²) in [5.74, 6) is 0. The smallest absolute Gasteiger partial charge is 0.269 e. The lowest BCUT2D eigenvalue weighted by atomic mass is 10.3. The predicted octanol–water partition coefficient (Wildman–Crippen LogP) is 2.16. The molecule has 1 aromatic heterocycles. The Morgan fingerprint density at radius 3 is 2.62 bits per heavy atom. The largest absolute Gasteiger partial charge is 0.346 e. The van der Waals surface area contributed by atoms with E-state index in [1.807, 2.05) is 31.3 Å². The van der Waals surface area contributed by atoms with Crippen LogP contribution in [0, 0.1) is 10.1 Å². The highest BCUT2D eigenvalue weighted by Gasteiger charge is 2.09. The zero-order valence-electron chi connectivity index (χ0n) is 11.7. The lowest BCUT2D eigenvalue weighted by molar-refractivity contribution is -0.384. The molecule has 0 radical (unpaired) electrons. The summed E-state index contributed by atoms with van der Waals surface area (Å²) in [5, 5.41) is 18.4. The fourth-order valence-corrected chi connectivity index (χ4v) is 1.93. The van der Waals surface area contributed by atoms with E-state index in [0.717, 1.165) is 5.69 Å². The lowest BCUT2D eigenvalue weighted by Gasteiger charge is -2.20. The molecule has 2 aromatic rings. The van der Waals surface area contributed by atoms with E-state index >= 15 is 0 Å². The first-order valence-electron chi connectivity index (χ1n) is 6.21. The molecule has 0 saturated carbocycles. The van der Waals surface area contributed by atoms with Crippen LogP contribution in [0.25, 0.3) is 0 Å². The van der Waals surface area contributed by atoms with E-state index in [4.69, 9.17) is 12.2 Å². The van der Waals surface area contributed by atoms with Crippen molar-refractivity contribution in [3.05, 3.63) is 52.3 Å². The van der Waals surface area contributed by atoms with Gasteiger partial charge in [-0.15, -0.1) is 0 Å². The zero-order chi connectivity index (χ0) is 15.4. The van der Waals surface area contributed by atoms with Crippen LogP contribution in [0.3, 0.4) is 0 Å². The summed E-state index contributed by atoms with van der Waals surface area (Å²) >= 11 is 5.30. The number of rotatable bonds is 4. The minimum atomic E-state index is -0.435. The Kier molecular flexibility index (Phi) is 4.49. The molecule has 1 aromatic carbocycles. The molecule has 0 aliphatic rings. The number of thiocarbonyl (C=S) groups is 1. The van der Waals surface area contributed by atoms with Crippen LogP contribution in [0.4, 0.5) is 11.4 Å². The molecule has 0 amide bonds. The van der Waals surface area contributed by atoms with Crippen LogP contribution in [0.1, 0.15) is 5.69 Å². The molecule has 1 heterocycles. The van der Waals surface area contributed by atoms with Crippen molar-refractivity contribution in [3.63, 3.8) is 0 Å². The Labute approximate surface area is 127 Å². The monoisotopic (exact) mass is 305 g/mol. The first-order chi connectivity index (χ1) is 9.95. The van der Waals surface area contributed by atoms with Gasteiger partial charge in [0.25, 0.3) is 5.69 Å². The van der Waals surface area contributed by atoms with Crippen molar-refractivity contribution in [2.75, 3.05) is 12.4 Å². The summed E-state index contributed by atoms with van der Waals surface area (Å²) in [4.78, 5) is 12.0. The highest BCUT2D eigenvalue weighted by molar-refractivity contribution is 7.80. The van der Waals surface area contributed by atoms with Crippen molar-refractivity contribution in [1.82, 2.24) is 14.7 Å². The number of nitro groups is 1. The molecule has 0 bridgehead atoms. The molecule has 0 aliphatic heterocycles. The Morgan fingerprint density at radius 1 is 1.43 bits per heavy atom. The van der Waals surface area contributed by atoms with Crippen LogP contribution in [-0.2, 0) is 13.6 Å². The number of hydrogen-bond acceptors (Lipinski definition) is 4. The van der Waals surface area contributed by atoms with Gasteiger partial charge in [-0.1, -0.05) is 0 Å². The predicted molar refractivity (Wildman–Crippen MR) is 84.0 cm³/mol. The third kappa shape index (κ3) is 3.99. The minimum Gasteiger partial charge on any atom is -0.346 e. The molecular weight excluding hydrogens is 290 g/mol. The summed E-state index contributed by atoms with van der Waals surface area (Å²) in [6.07, 6.45) is 1.87. The quantitative estimate of drug-likeness (QED) is 0.530. The van der Waals surface area contributed by atoms with Crippen molar-refractivity contribution in [3.8, 4) is 0 Å². The normalized spacial score (nSPS) is 10.2. The molecule has 21 heavy (non-hydrogen) atoms. The first-order valence-corrected chi connectivity index (χ1v) is 6.61. The van der Waals surface area contributed by atoms with Gasteiger partial charge in [0, 0.05) is 38.1 Å². The second-order valence-electron chi connectivity index (χ2n) is 4.57. The van der Waals surface area contributed by atoms with Gasteiger partial charge in [-0.05, 0) is 30.4 Å². The molecule has 0 aliphatic carbocycles. The number of anilines is 1. The highest BCUT2D eigenvalue weighted by atomic mass is 32.1. The van der Waals surface area contributed by atoms with E-state index in [-0.39, 0.29) is 5.69 Å². The number of benzene rings is 1. The SMILES string of the molecule is CN(Cc1ccn(C)n1)C(=S)Nc1ccc([N+](=O)[O-])cc1. The van der Waals surface area contributed by atoms with Crippen molar-refractivity contribution >= 4 is 28.7 Å². The van der Waals surface area contributed by atoms with Crippen LogP contribution in [-0.4, -0.2) is 31.8 Å². The summed E-state index contributed by atoms with van der Waals surface area (Å²) in [5.41, 5.74) is 1.67. The molecule has 2 rings (SSSR count). The maximum atomic E-state index is 10.6. The van der Waals surface area contributed by atoms with Gasteiger partial charge in [-0.25, -0.2) is 0 Å². The van der Waals surface area contributed by atoms with Gasteiger partial charge in [0.15, 0.2) is 5.11 Å². The Balaban J connectivity index is 1.95. The van der Waals surface area contributed by atoms with Crippen molar-refractivity contribution in [2.45, 2.75) is 6.54 Å². The Bertz CT molecular complexity index is 653. The first kappa shape index (κ1) is 14.9. The third-order valence-electron chi connectivity index (χ3n) is 2.84. The fraction of sp³-hybridized carbons (Fsp3) is 0.231. The Morgan fingerprint density at radius 2 is 2.10 bits per heavy atom. The van der Waals surface area contributed by atoms with E-state index in [1.165, 1.54) is 12.1 Å². The Hall–Kier alpha value is -2.48. The summed E-state index contributed by atoms with van der Waals surface area (Å²) in [6.45, 7) is 0.583. The standard InChI is InChI=1S/C13H15N5O2S/c1-16(9-11-7-8-17(2)15-11)13(21)14-10-3-5-12(6-4-10)18(19)20/h3-8H,9H2,1-2H3,(H,14,21). The van der Waals surface area contributed by atoms with Crippen LogP contribution in [0.15, 0.2) is 36.5 Å². The van der Waals surface area contributed by atoms with Crippen molar-refractivity contribution in [1.29, 1.82) is 0 Å². The molecule has 8 heteroatoms. The number of hydrogen-bond donors (Lipinski definition) is 1. The van der Waals surface area contributed by atoms with E-state index in [9.17, 15) is 10.1 Å². The average Bonchev–Trinajstić information content (AvgIpc) is 2.84. The van der Waals surface area contributed by atoms with Crippen LogP contribution in [0.5, 0.6) is 0 Å². The number of nitrogens with zero attached hydrogens (tertiary/aromatic N) is 4. The molecule has 1 N–H and O–H groups in total. The van der Waals surface area contributed by atoms with E-state index in [0.29, 0.717) is 17.3 Å². The number of aryl methyl sites for hydroxylation is 1. The minimum absolute atomic E-state index is 0.0494. The number of aromatic nitrogens is 2. The summed E-state index contributed by atoms with van der Waals surface area (Å²) in [7, 11) is 3.71. The molecule has 0 saturated heterocycles. The fourth-order valence-electron chi connectivity index (χ4n) is 1.75. The van der Waals surface area contributed by atoms with Crippen LogP contribution >= 0.6 is 12.2 Å². The van der Waals surface area contributed by atoms with Gasteiger partial charge in [0.05, 0.1) is 17.2 Å². The van der Waals surface area contributed by atoms with Gasteiger partial charge in [-0.2, -0.15) is 5.10 Å². The van der Waals surface area contributed by atoms with Crippen LogP contribution < -0.4 is 5.32 Å². The molecule has 0 fully saturated rings. The number of nitrogens with one attached hydrogen (secondary N) is 1. The second-order valence-corrected chi connectivity index (χ2v) is 4.96. The van der Waals surface area contributed by atoms with E-state index in [2.05, 4.69) is 10.4 Å². The van der Waals surface area contributed by atoms with E-state index < -0.39 is 4.92 Å². The molecule has 7 nitrogen and oxygen atoms in total. The van der Waals surface area contributed by atoms with Gasteiger partial charge < -0.3 is 10.2 Å². The molecule has 0 unspecified atom stereocenters. The van der Waals surface area contributed by atoms with Crippen molar-refractivity contribution < 1.29 is 4.92 Å². The maximum absolute atomic E-state index is 10.6. The van der Waals surface area contributed by atoms with Crippen molar-refractivity contribution in [2.24, 2.45) is 7.05 Å². The average molecular weight is 305 g/mol. The topological polar surface area (TPSA) is 76.2 Å². The summed E-state index contributed by atoms with van der Waals surface area (Å²) < 4.78 is 1.73. The number of non-ortho nitro benzene ring substituents is 1. The number of nitro benzene ring substituents is 1. The van der Waals surface area contributed by atoms with E-state index in [1.54, 1.807) is 16.8 Å². The van der Waals surface area contributed by atoms with Gasteiger partial charge in [0.1, 0.15) is 0 Å². The van der Waals surface area contributed by atoms with Gasteiger partial charge in [-0.3, -0.25) is 14.8 Å². The molecule has 0 atom stereocenters. The lowest BCUT2D eigenvalue weighted by Crippen LogP contribution is -2.30. The maximum Gasteiger partial charge on any atom is 0.269 e.